The molecule has 0 bridgehead atoms. The first-order valence-electron chi connectivity index (χ1n) is 7.39. The van der Waals surface area contributed by atoms with Gasteiger partial charge in [0.1, 0.15) is 17.2 Å². The number of ether oxygens (including phenoxy) is 3. The normalized spacial score (nSPS) is 14.3. The Morgan fingerprint density at radius 2 is 1.83 bits per heavy atom. The van der Waals surface area contributed by atoms with Gasteiger partial charge in [0.15, 0.2) is 5.76 Å². The van der Waals surface area contributed by atoms with Crippen molar-refractivity contribution in [2.24, 2.45) is 0 Å². The molecule has 2 aromatic rings. The molecule has 0 fully saturated rings. The van der Waals surface area contributed by atoms with Crippen molar-refractivity contribution < 1.29 is 23.8 Å². The lowest BCUT2D eigenvalue weighted by molar-refractivity contribution is -0.131. The van der Waals surface area contributed by atoms with Crippen LogP contribution in [0.25, 0.3) is 6.08 Å². The average molecular weight is 324 g/mol. The van der Waals surface area contributed by atoms with Crippen molar-refractivity contribution >= 4 is 17.8 Å². The van der Waals surface area contributed by atoms with E-state index in [0.717, 1.165) is 11.3 Å². The fourth-order valence-corrected chi connectivity index (χ4v) is 2.55. The number of methoxy groups -OCH3 is 1. The Morgan fingerprint density at radius 1 is 1.12 bits per heavy atom. The molecule has 122 valence electrons. The topological polar surface area (TPSA) is 61.8 Å². The highest BCUT2D eigenvalue weighted by Crippen LogP contribution is 2.37. The standard InChI is InChI=1S/C19H16O5/c1-11-8-15(23-12(2)20)10-16-18(11)19(21)17(24-16)9-13-4-6-14(22-3)7-5-13/h4-10H,1-3H3/b17-9-. The predicted octanol–water partition coefficient (Wildman–Crippen LogP) is 3.55. The summed E-state index contributed by atoms with van der Waals surface area (Å²) in [7, 11) is 1.59. The monoisotopic (exact) mass is 324 g/mol. The maximum atomic E-state index is 12.6. The van der Waals surface area contributed by atoms with Crippen LogP contribution in [0.1, 0.15) is 28.4 Å². The van der Waals surface area contributed by atoms with Crippen molar-refractivity contribution in [3.63, 3.8) is 0 Å². The molecule has 0 spiro atoms. The van der Waals surface area contributed by atoms with Crippen molar-refractivity contribution in [2.45, 2.75) is 13.8 Å². The molecule has 5 heteroatoms. The molecule has 0 N–H and O–H groups in total. The van der Waals surface area contributed by atoms with Crippen molar-refractivity contribution in [1.82, 2.24) is 0 Å². The Hall–Kier alpha value is -3.08. The summed E-state index contributed by atoms with van der Waals surface area (Å²) in [4.78, 5) is 23.6. The molecule has 0 amide bonds. The van der Waals surface area contributed by atoms with Crippen molar-refractivity contribution in [3.05, 3.63) is 58.8 Å². The van der Waals surface area contributed by atoms with Gasteiger partial charge in [-0.1, -0.05) is 12.1 Å². The highest BCUT2D eigenvalue weighted by Gasteiger charge is 2.30. The Labute approximate surface area is 139 Å². The third kappa shape index (κ3) is 3.01. The number of hydrogen-bond acceptors (Lipinski definition) is 5. The van der Waals surface area contributed by atoms with Crippen LogP contribution in [0.5, 0.6) is 17.2 Å². The van der Waals surface area contributed by atoms with Crippen LogP contribution in [0.4, 0.5) is 0 Å². The van der Waals surface area contributed by atoms with E-state index in [9.17, 15) is 9.59 Å². The quantitative estimate of drug-likeness (QED) is 0.491. The number of esters is 1. The van der Waals surface area contributed by atoms with E-state index < -0.39 is 5.97 Å². The molecule has 0 aromatic heterocycles. The van der Waals surface area contributed by atoms with Crippen molar-refractivity contribution in [2.75, 3.05) is 7.11 Å². The van der Waals surface area contributed by atoms with Crippen LogP contribution >= 0.6 is 0 Å². The number of fused-ring (bicyclic) bond motifs is 1. The van der Waals surface area contributed by atoms with Crippen LogP contribution in [-0.2, 0) is 4.79 Å². The zero-order chi connectivity index (χ0) is 17.3. The lowest BCUT2D eigenvalue weighted by Crippen LogP contribution is -2.02. The minimum Gasteiger partial charge on any atom is -0.497 e. The molecule has 24 heavy (non-hydrogen) atoms. The molecule has 3 rings (SSSR count). The fourth-order valence-electron chi connectivity index (χ4n) is 2.55. The molecule has 1 heterocycles. The third-order valence-electron chi connectivity index (χ3n) is 3.62. The van der Waals surface area contributed by atoms with Gasteiger partial charge in [-0.2, -0.15) is 0 Å². The van der Waals surface area contributed by atoms with Gasteiger partial charge in [-0.15, -0.1) is 0 Å². The lowest BCUT2D eigenvalue weighted by atomic mass is 10.0. The summed E-state index contributed by atoms with van der Waals surface area (Å²) in [5.41, 5.74) is 2.02. The maximum absolute atomic E-state index is 12.6. The van der Waals surface area contributed by atoms with Gasteiger partial charge in [-0.3, -0.25) is 9.59 Å². The number of benzene rings is 2. The highest BCUT2D eigenvalue weighted by molar-refractivity contribution is 6.15. The van der Waals surface area contributed by atoms with Crippen LogP contribution in [0.3, 0.4) is 0 Å². The third-order valence-corrected chi connectivity index (χ3v) is 3.62. The zero-order valence-corrected chi connectivity index (χ0v) is 13.6. The average Bonchev–Trinajstić information content (AvgIpc) is 2.84. The Balaban J connectivity index is 1.93. The number of hydrogen-bond donors (Lipinski definition) is 0. The van der Waals surface area contributed by atoms with Gasteiger partial charge in [-0.25, -0.2) is 0 Å². The zero-order valence-electron chi connectivity index (χ0n) is 13.6. The molecule has 1 aliphatic rings. The summed E-state index contributed by atoms with van der Waals surface area (Å²) in [6, 6.07) is 10.5. The summed E-state index contributed by atoms with van der Waals surface area (Å²) in [5.74, 6) is 1.12. The fraction of sp³-hybridized carbons (Fsp3) is 0.158. The molecule has 0 saturated carbocycles. The largest absolute Gasteiger partial charge is 0.497 e. The molecular formula is C19H16O5. The summed E-state index contributed by atoms with van der Waals surface area (Å²) < 4.78 is 15.9. The van der Waals surface area contributed by atoms with Gasteiger partial charge in [0.25, 0.3) is 0 Å². The van der Waals surface area contributed by atoms with Crippen LogP contribution in [-0.4, -0.2) is 18.9 Å². The van der Waals surface area contributed by atoms with Crippen LogP contribution in [0.15, 0.2) is 42.2 Å². The molecule has 0 aliphatic carbocycles. The van der Waals surface area contributed by atoms with Crippen molar-refractivity contribution in [3.8, 4) is 17.2 Å². The number of aryl methyl sites for hydroxylation is 1. The molecule has 0 atom stereocenters. The van der Waals surface area contributed by atoms with E-state index in [-0.39, 0.29) is 11.5 Å². The van der Waals surface area contributed by atoms with E-state index >= 15 is 0 Å². The summed E-state index contributed by atoms with van der Waals surface area (Å²) in [6.07, 6.45) is 1.67. The number of carbonyl (C=O) groups is 2. The first-order chi connectivity index (χ1) is 11.5. The number of Topliss-reactive ketones (excluding diaryl/α,β-unsaturated/α-hetero) is 1. The molecular weight excluding hydrogens is 308 g/mol. The van der Waals surface area contributed by atoms with E-state index in [1.165, 1.54) is 6.92 Å². The molecule has 5 nitrogen and oxygen atoms in total. The Morgan fingerprint density at radius 3 is 2.46 bits per heavy atom. The first-order valence-corrected chi connectivity index (χ1v) is 7.39. The van der Waals surface area contributed by atoms with E-state index in [2.05, 4.69) is 0 Å². The van der Waals surface area contributed by atoms with Crippen LogP contribution in [0, 0.1) is 6.92 Å². The molecule has 1 aliphatic heterocycles. The molecule has 2 aromatic carbocycles. The number of carbonyl (C=O) groups excluding carboxylic acids is 2. The predicted molar refractivity (Wildman–Crippen MR) is 88.4 cm³/mol. The van der Waals surface area contributed by atoms with Crippen molar-refractivity contribution in [1.29, 1.82) is 0 Å². The number of ketones is 1. The van der Waals surface area contributed by atoms with Gasteiger partial charge in [-0.05, 0) is 42.3 Å². The lowest BCUT2D eigenvalue weighted by Gasteiger charge is -2.05. The van der Waals surface area contributed by atoms with Gasteiger partial charge in [0.2, 0.25) is 5.78 Å². The molecule has 0 saturated heterocycles. The first kappa shape index (κ1) is 15.8. The second kappa shape index (κ2) is 6.20. The molecule has 0 unspecified atom stereocenters. The highest BCUT2D eigenvalue weighted by atomic mass is 16.5. The summed E-state index contributed by atoms with van der Waals surface area (Å²) >= 11 is 0. The van der Waals surface area contributed by atoms with Gasteiger partial charge in [0, 0.05) is 13.0 Å². The van der Waals surface area contributed by atoms with Crippen LogP contribution in [0.2, 0.25) is 0 Å². The Kier molecular flexibility index (Phi) is 4.08. The van der Waals surface area contributed by atoms with E-state index in [1.54, 1.807) is 32.2 Å². The smallest absolute Gasteiger partial charge is 0.308 e. The number of allylic oxidation sites excluding steroid dienone is 1. The number of rotatable bonds is 3. The molecule has 0 radical (unpaired) electrons. The van der Waals surface area contributed by atoms with Gasteiger partial charge < -0.3 is 14.2 Å². The second-order valence-corrected chi connectivity index (χ2v) is 5.42. The van der Waals surface area contributed by atoms with E-state index in [1.807, 2.05) is 24.3 Å². The van der Waals surface area contributed by atoms with E-state index in [0.29, 0.717) is 22.6 Å². The van der Waals surface area contributed by atoms with Gasteiger partial charge in [0.05, 0.1) is 12.7 Å². The van der Waals surface area contributed by atoms with E-state index in [4.69, 9.17) is 14.2 Å². The minimum atomic E-state index is -0.423. The maximum Gasteiger partial charge on any atom is 0.308 e. The van der Waals surface area contributed by atoms with Gasteiger partial charge >= 0.3 is 5.97 Å². The SMILES string of the molecule is COc1ccc(/C=C2\Oc3cc(OC(C)=O)cc(C)c3C2=O)cc1. The second-order valence-electron chi connectivity index (χ2n) is 5.42. The Bertz CT molecular complexity index is 847. The minimum absolute atomic E-state index is 0.187. The summed E-state index contributed by atoms with van der Waals surface area (Å²) in [6.45, 7) is 3.10. The van der Waals surface area contributed by atoms with Crippen LogP contribution < -0.4 is 14.2 Å². The summed E-state index contributed by atoms with van der Waals surface area (Å²) in [5, 5.41) is 0.